The van der Waals surface area contributed by atoms with E-state index in [1.54, 1.807) is 54.3 Å². The first-order valence-corrected chi connectivity index (χ1v) is 10.0. The Morgan fingerprint density at radius 2 is 1.96 bits per heavy atom. The van der Waals surface area contributed by atoms with Gasteiger partial charge in [-0.25, -0.2) is 0 Å². The molecule has 0 saturated carbocycles. The predicted octanol–water partition coefficient (Wildman–Crippen LogP) is 3.98. The highest BCUT2D eigenvalue weighted by Gasteiger charge is 2.20. The summed E-state index contributed by atoms with van der Waals surface area (Å²) in [7, 11) is 0. The van der Waals surface area contributed by atoms with E-state index in [0.29, 0.717) is 52.8 Å². The molecule has 1 unspecified atom stereocenters. The van der Waals surface area contributed by atoms with Crippen LogP contribution in [0.25, 0.3) is 0 Å². The molecule has 0 aliphatic carbocycles. The van der Waals surface area contributed by atoms with Crippen LogP contribution in [0.15, 0.2) is 46.9 Å². The van der Waals surface area contributed by atoms with E-state index < -0.39 is 6.10 Å². The number of rotatable bonds is 5. The molecular formula is C20H20BrClN2O4. The molecule has 1 heterocycles. The molecule has 2 aromatic carbocycles. The number of halogens is 2. The molecule has 1 N–H and O–H groups in total. The summed E-state index contributed by atoms with van der Waals surface area (Å²) >= 11 is 9.28. The molecule has 148 valence electrons. The summed E-state index contributed by atoms with van der Waals surface area (Å²) in [4.78, 5) is 26.8. The van der Waals surface area contributed by atoms with Crippen LogP contribution in [0.1, 0.15) is 17.3 Å². The lowest BCUT2D eigenvalue weighted by Gasteiger charge is -2.27. The zero-order valence-corrected chi connectivity index (χ0v) is 17.6. The first kappa shape index (κ1) is 20.6. The number of ether oxygens (including phenoxy) is 2. The fourth-order valence-electron chi connectivity index (χ4n) is 2.74. The molecule has 1 fully saturated rings. The minimum Gasteiger partial charge on any atom is -0.480 e. The smallest absolute Gasteiger partial charge is 0.265 e. The molecule has 6 nitrogen and oxygen atoms in total. The summed E-state index contributed by atoms with van der Waals surface area (Å²) in [6.07, 6.45) is -0.740. The van der Waals surface area contributed by atoms with Gasteiger partial charge in [0.05, 0.1) is 17.7 Å². The van der Waals surface area contributed by atoms with Gasteiger partial charge in [-0.2, -0.15) is 0 Å². The van der Waals surface area contributed by atoms with E-state index in [2.05, 4.69) is 21.2 Å². The Bertz CT molecular complexity index is 871. The second-order valence-corrected chi connectivity index (χ2v) is 7.60. The second kappa shape index (κ2) is 9.41. The summed E-state index contributed by atoms with van der Waals surface area (Å²) < 4.78 is 11.6. The van der Waals surface area contributed by atoms with Crippen molar-refractivity contribution in [2.75, 3.05) is 31.6 Å². The first-order chi connectivity index (χ1) is 13.4. The van der Waals surface area contributed by atoms with Gasteiger partial charge in [-0.3, -0.25) is 9.59 Å². The zero-order chi connectivity index (χ0) is 20.1. The van der Waals surface area contributed by atoms with Crippen LogP contribution >= 0.6 is 27.5 Å². The Kier molecular flexibility index (Phi) is 6.93. The number of amides is 2. The van der Waals surface area contributed by atoms with Crippen molar-refractivity contribution in [2.24, 2.45) is 0 Å². The van der Waals surface area contributed by atoms with E-state index in [1.807, 2.05) is 0 Å². The molecular weight excluding hydrogens is 448 g/mol. The molecule has 2 amide bonds. The molecule has 1 atom stereocenters. The molecule has 1 saturated heterocycles. The van der Waals surface area contributed by atoms with Gasteiger partial charge in [0, 0.05) is 29.4 Å². The van der Waals surface area contributed by atoms with Crippen LogP contribution < -0.4 is 10.1 Å². The highest BCUT2D eigenvalue weighted by Crippen LogP contribution is 2.29. The minimum atomic E-state index is -0.740. The molecule has 0 spiro atoms. The van der Waals surface area contributed by atoms with Crippen LogP contribution in [-0.2, 0) is 9.53 Å². The maximum absolute atomic E-state index is 12.6. The van der Waals surface area contributed by atoms with Crippen LogP contribution in [0.2, 0.25) is 5.02 Å². The molecule has 1 aliphatic heterocycles. The predicted molar refractivity (Wildman–Crippen MR) is 111 cm³/mol. The third kappa shape index (κ3) is 5.25. The van der Waals surface area contributed by atoms with Gasteiger partial charge in [0.2, 0.25) is 0 Å². The van der Waals surface area contributed by atoms with Crippen LogP contribution in [0, 0.1) is 0 Å². The number of hydrogen-bond donors (Lipinski definition) is 1. The summed E-state index contributed by atoms with van der Waals surface area (Å²) in [5.41, 5.74) is 1.06. The van der Waals surface area contributed by atoms with Gasteiger partial charge in [0.25, 0.3) is 11.8 Å². The number of nitrogens with zero attached hydrogens (tertiary/aromatic N) is 1. The number of carbonyl (C=O) groups is 2. The fourth-order valence-corrected chi connectivity index (χ4v) is 3.51. The molecule has 8 heteroatoms. The molecule has 1 aliphatic rings. The van der Waals surface area contributed by atoms with Gasteiger partial charge in [-0.05, 0) is 59.3 Å². The maximum atomic E-state index is 12.6. The molecule has 3 rings (SSSR count). The van der Waals surface area contributed by atoms with E-state index in [4.69, 9.17) is 21.1 Å². The third-order valence-electron chi connectivity index (χ3n) is 4.24. The van der Waals surface area contributed by atoms with E-state index in [1.165, 1.54) is 0 Å². The molecule has 2 aromatic rings. The van der Waals surface area contributed by atoms with Crippen molar-refractivity contribution in [2.45, 2.75) is 13.0 Å². The molecule has 0 aromatic heterocycles. The highest BCUT2D eigenvalue weighted by atomic mass is 79.9. The normalized spacial score (nSPS) is 15.0. The Hall–Kier alpha value is -2.09. The largest absolute Gasteiger partial charge is 0.480 e. The van der Waals surface area contributed by atoms with Crippen molar-refractivity contribution in [1.29, 1.82) is 0 Å². The topological polar surface area (TPSA) is 67.9 Å². The number of nitrogens with one attached hydrogen (secondary N) is 1. The van der Waals surface area contributed by atoms with Gasteiger partial charge in [-0.15, -0.1) is 0 Å². The van der Waals surface area contributed by atoms with Gasteiger partial charge < -0.3 is 19.7 Å². The number of carbonyl (C=O) groups excluding carboxylic acids is 2. The lowest BCUT2D eigenvalue weighted by atomic mass is 10.1. The zero-order valence-electron chi connectivity index (χ0n) is 15.3. The number of benzene rings is 2. The summed E-state index contributed by atoms with van der Waals surface area (Å²) in [6, 6.07) is 12.0. The average molecular weight is 468 g/mol. The molecule has 28 heavy (non-hydrogen) atoms. The monoisotopic (exact) mass is 466 g/mol. The number of morpholine rings is 1. The van der Waals surface area contributed by atoms with Crippen molar-refractivity contribution in [1.82, 2.24) is 4.90 Å². The molecule has 0 bridgehead atoms. The number of anilines is 1. The first-order valence-electron chi connectivity index (χ1n) is 8.83. The number of hydrogen-bond acceptors (Lipinski definition) is 4. The van der Waals surface area contributed by atoms with Gasteiger partial charge >= 0.3 is 0 Å². The lowest BCUT2D eigenvalue weighted by molar-refractivity contribution is -0.122. The van der Waals surface area contributed by atoms with Gasteiger partial charge in [0.15, 0.2) is 6.10 Å². The Morgan fingerprint density at radius 1 is 1.21 bits per heavy atom. The highest BCUT2D eigenvalue weighted by molar-refractivity contribution is 9.10. The lowest BCUT2D eigenvalue weighted by Crippen LogP contribution is -2.40. The van der Waals surface area contributed by atoms with Crippen molar-refractivity contribution >= 4 is 45.0 Å². The summed E-state index contributed by atoms with van der Waals surface area (Å²) in [6.45, 7) is 3.86. The SMILES string of the molecule is CC(Oc1ccc(Cl)cc1Br)C(=O)Nc1cccc(C(=O)N2CCOCC2)c1. The van der Waals surface area contributed by atoms with Crippen molar-refractivity contribution in [3.05, 3.63) is 57.5 Å². The van der Waals surface area contributed by atoms with E-state index in [9.17, 15) is 9.59 Å². The maximum Gasteiger partial charge on any atom is 0.265 e. The van der Waals surface area contributed by atoms with Gasteiger partial charge in [0.1, 0.15) is 5.75 Å². The van der Waals surface area contributed by atoms with Crippen molar-refractivity contribution in [3.8, 4) is 5.75 Å². The summed E-state index contributed by atoms with van der Waals surface area (Å²) in [5, 5.41) is 3.36. The third-order valence-corrected chi connectivity index (χ3v) is 5.10. The quantitative estimate of drug-likeness (QED) is 0.722. The Morgan fingerprint density at radius 3 is 2.68 bits per heavy atom. The standard InChI is InChI=1S/C20H20BrClN2O4/c1-13(28-18-6-5-15(22)12-17(18)21)19(25)23-16-4-2-3-14(11-16)20(26)24-7-9-27-10-8-24/h2-6,11-13H,7-10H2,1H3,(H,23,25). The minimum absolute atomic E-state index is 0.0752. The van der Waals surface area contributed by atoms with Crippen molar-refractivity contribution < 1.29 is 19.1 Å². The summed E-state index contributed by atoms with van der Waals surface area (Å²) in [5.74, 6) is 0.120. The fraction of sp³-hybridized carbons (Fsp3) is 0.300. The Labute approximate surface area is 176 Å². The van der Waals surface area contributed by atoms with Crippen LogP contribution in [0.4, 0.5) is 5.69 Å². The van der Waals surface area contributed by atoms with Crippen molar-refractivity contribution in [3.63, 3.8) is 0 Å². The van der Waals surface area contributed by atoms with Crippen LogP contribution in [-0.4, -0.2) is 49.1 Å². The van der Waals surface area contributed by atoms with E-state index in [-0.39, 0.29) is 11.8 Å². The van der Waals surface area contributed by atoms with Gasteiger partial charge in [-0.1, -0.05) is 17.7 Å². The van der Waals surface area contributed by atoms with Crippen LogP contribution in [0.5, 0.6) is 5.75 Å². The molecule has 0 radical (unpaired) electrons. The van der Waals surface area contributed by atoms with Crippen LogP contribution in [0.3, 0.4) is 0 Å². The Balaban J connectivity index is 1.64. The van der Waals surface area contributed by atoms with E-state index >= 15 is 0 Å². The average Bonchev–Trinajstić information content (AvgIpc) is 2.70. The van der Waals surface area contributed by atoms with E-state index in [0.717, 1.165) is 0 Å². The second-order valence-electron chi connectivity index (χ2n) is 6.31.